The maximum Gasteiger partial charge on any atom is 0.253 e. The maximum atomic E-state index is 12.5. The number of aryl methyl sites for hydroxylation is 1. The zero-order valence-corrected chi connectivity index (χ0v) is 15.6. The number of anilines is 2. The Morgan fingerprint density at radius 3 is 2.65 bits per heavy atom. The van der Waals surface area contributed by atoms with Crippen LogP contribution in [0.25, 0.3) is 0 Å². The van der Waals surface area contributed by atoms with Crippen LogP contribution in [0.2, 0.25) is 0 Å². The van der Waals surface area contributed by atoms with Gasteiger partial charge in [-0.25, -0.2) is 4.98 Å². The smallest absolute Gasteiger partial charge is 0.253 e. The van der Waals surface area contributed by atoms with Gasteiger partial charge in [-0.15, -0.1) is 0 Å². The summed E-state index contributed by atoms with van der Waals surface area (Å²) in [5.41, 5.74) is 3.32. The van der Waals surface area contributed by atoms with Gasteiger partial charge in [-0.05, 0) is 51.0 Å². The van der Waals surface area contributed by atoms with Crippen molar-refractivity contribution < 1.29 is 9.59 Å². The van der Waals surface area contributed by atoms with Crippen molar-refractivity contribution in [3.8, 4) is 0 Å². The van der Waals surface area contributed by atoms with Crippen LogP contribution in [0.1, 0.15) is 36.2 Å². The van der Waals surface area contributed by atoms with Gasteiger partial charge in [0.15, 0.2) is 0 Å². The molecule has 0 fully saturated rings. The van der Waals surface area contributed by atoms with Crippen molar-refractivity contribution in [2.24, 2.45) is 0 Å². The first-order valence-electron chi connectivity index (χ1n) is 8.39. The molecule has 0 radical (unpaired) electrons. The fraction of sp³-hybridized carbons (Fsp3) is 0.368. The molecule has 3 rings (SSSR count). The number of fused-ring (bicyclic) bond motifs is 1. The number of hydrogen-bond donors (Lipinski definition) is 2. The van der Waals surface area contributed by atoms with Gasteiger partial charge in [0.05, 0.1) is 29.5 Å². The Morgan fingerprint density at radius 1 is 1.27 bits per heavy atom. The average molecular weight is 354 g/mol. The number of hydrogen-bond acceptors (Lipinski definition) is 4. The van der Waals surface area contributed by atoms with Gasteiger partial charge >= 0.3 is 0 Å². The third-order valence-electron chi connectivity index (χ3n) is 4.95. The lowest BCUT2D eigenvalue weighted by Crippen LogP contribution is -2.33. The van der Waals surface area contributed by atoms with Crippen LogP contribution in [0.5, 0.6) is 0 Å². The van der Waals surface area contributed by atoms with Gasteiger partial charge in [0.1, 0.15) is 0 Å². The monoisotopic (exact) mass is 354 g/mol. The molecule has 2 amide bonds. The first-order chi connectivity index (χ1) is 12.1. The summed E-state index contributed by atoms with van der Waals surface area (Å²) in [6.07, 6.45) is 1.30. The number of rotatable bonds is 3. The molecule has 1 aromatic carbocycles. The van der Waals surface area contributed by atoms with Crippen molar-refractivity contribution in [3.63, 3.8) is 0 Å². The van der Waals surface area contributed by atoms with Crippen LogP contribution in [0.3, 0.4) is 0 Å². The highest BCUT2D eigenvalue weighted by atomic mass is 16.2. The number of nitrogens with zero attached hydrogens (tertiary/aromatic N) is 2. The first-order valence-corrected chi connectivity index (χ1v) is 8.39. The lowest BCUT2D eigenvalue weighted by molar-refractivity contribution is -0.121. The van der Waals surface area contributed by atoms with Crippen LogP contribution < -0.4 is 15.8 Å². The summed E-state index contributed by atoms with van der Waals surface area (Å²) in [7, 11) is 1.77. The summed E-state index contributed by atoms with van der Waals surface area (Å²) < 4.78 is 0. The van der Waals surface area contributed by atoms with E-state index in [1.807, 2.05) is 32.9 Å². The number of amides is 2. The lowest BCUT2D eigenvalue weighted by Gasteiger charge is -2.17. The van der Waals surface area contributed by atoms with Gasteiger partial charge in [-0.3, -0.25) is 14.4 Å². The number of aromatic amines is 1. The Kier molecular flexibility index (Phi) is 4.18. The number of benzene rings is 1. The predicted molar refractivity (Wildman–Crippen MR) is 99.5 cm³/mol. The molecule has 26 heavy (non-hydrogen) atoms. The summed E-state index contributed by atoms with van der Waals surface area (Å²) in [5, 5.41) is 2.85. The molecule has 0 aliphatic carbocycles. The van der Waals surface area contributed by atoms with E-state index in [4.69, 9.17) is 0 Å². The third-order valence-corrected chi connectivity index (χ3v) is 4.95. The van der Waals surface area contributed by atoms with Gasteiger partial charge in [-0.1, -0.05) is 0 Å². The summed E-state index contributed by atoms with van der Waals surface area (Å²) in [5.74, 6) is -0.233. The maximum absolute atomic E-state index is 12.5. The normalized spacial score (nSPS) is 15.1. The highest BCUT2D eigenvalue weighted by Gasteiger charge is 2.43. The summed E-state index contributed by atoms with van der Waals surface area (Å²) in [6, 6.07) is 3.69. The summed E-state index contributed by atoms with van der Waals surface area (Å²) in [4.78, 5) is 44.7. The molecule has 2 N–H and O–H groups in total. The molecule has 0 saturated carbocycles. The highest BCUT2D eigenvalue weighted by Crippen LogP contribution is 2.44. The zero-order valence-electron chi connectivity index (χ0n) is 15.6. The van der Waals surface area contributed by atoms with Crippen LogP contribution >= 0.6 is 0 Å². The number of nitrogens with one attached hydrogen (secondary N) is 2. The van der Waals surface area contributed by atoms with E-state index in [0.717, 1.165) is 16.8 Å². The molecule has 0 atom stereocenters. The Bertz CT molecular complexity index is 975. The van der Waals surface area contributed by atoms with E-state index in [1.54, 1.807) is 18.9 Å². The predicted octanol–water partition coefficient (Wildman–Crippen LogP) is 1.82. The Labute approximate surface area is 151 Å². The number of H-pyrrole nitrogens is 1. The number of likely N-dealkylation sites (N-methyl/N-ethyl adjacent to an activating group) is 1. The van der Waals surface area contributed by atoms with Gasteiger partial charge in [0.2, 0.25) is 11.8 Å². The van der Waals surface area contributed by atoms with Crippen molar-refractivity contribution in [2.75, 3.05) is 17.3 Å². The molecule has 0 unspecified atom stereocenters. The van der Waals surface area contributed by atoms with E-state index in [9.17, 15) is 14.4 Å². The van der Waals surface area contributed by atoms with Gasteiger partial charge in [0.25, 0.3) is 5.56 Å². The average Bonchev–Trinajstić information content (AvgIpc) is 2.73. The van der Waals surface area contributed by atoms with E-state index in [-0.39, 0.29) is 23.8 Å². The molecule has 7 nitrogen and oxygen atoms in total. The fourth-order valence-electron chi connectivity index (χ4n) is 3.45. The van der Waals surface area contributed by atoms with Crippen LogP contribution in [-0.4, -0.2) is 28.8 Å². The Hall–Kier alpha value is -2.96. The van der Waals surface area contributed by atoms with Crippen LogP contribution in [0.4, 0.5) is 11.4 Å². The second-order valence-corrected chi connectivity index (χ2v) is 7.21. The minimum absolute atomic E-state index is 0.00805. The van der Waals surface area contributed by atoms with E-state index in [2.05, 4.69) is 15.3 Å². The quantitative estimate of drug-likeness (QED) is 0.879. The van der Waals surface area contributed by atoms with E-state index < -0.39 is 5.41 Å². The SMILES string of the molecule is Cc1cc(NC(=O)Cc2nc[nH]c(=O)c2C)cc2c1N(C)C(=O)C2(C)C. The molecule has 0 spiro atoms. The fourth-order valence-corrected chi connectivity index (χ4v) is 3.45. The highest BCUT2D eigenvalue weighted by molar-refractivity contribution is 6.08. The van der Waals surface area contributed by atoms with Gasteiger partial charge in [-0.2, -0.15) is 0 Å². The first kappa shape index (κ1) is 17.8. The molecule has 2 heterocycles. The van der Waals surface area contributed by atoms with Crippen LogP contribution in [0, 0.1) is 13.8 Å². The summed E-state index contributed by atoms with van der Waals surface area (Å²) in [6.45, 7) is 7.32. The van der Waals surface area contributed by atoms with E-state index in [1.165, 1.54) is 6.33 Å². The summed E-state index contributed by atoms with van der Waals surface area (Å²) >= 11 is 0. The van der Waals surface area contributed by atoms with E-state index >= 15 is 0 Å². The van der Waals surface area contributed by atoms with Crippen molar-refractivity contribution in [2.45, 2.75) is 39.5 Å². The van der Waals surface area contributed by atoms with Gasteiger partial charge < -0.3 is 15.2 Å². The molecule has 1 aliphatic heterocycles. The molecule has 0 bridgehead atoms. The molecule has 2 aromatic rings. The number of carbonyl (C=O) groups excluding carboxylic acids is 2. The number of carbonyl (C=O) groups is 2. The lowest BCUT2D eigenvalue weighted by atomic mass is 9.85. The molecule has 1 aliphatic rings. The minimum atomic E-state index is -0.638. The molecular formula is C19H22N4O3. The molecular weight excluding hydrogens is 332 g/mol. The zero-order chi connectivity index (χ0) is 19.2. The van der Waals surface area contributed by atoms with Gasteiger partial charge in [0, 0.05) is 18.3 Å². The topological polar surface area (TPSA) is 95.2 Å². The second kappa shape index (κ2) is 6.09. The standard InChI is InChI=1S/C19H22N4O3/c1-10-6-12(7-13-16(10)23(5)18(26)19(13,3)4)22-15(24)8-14-11(2)17(25)21-9-20-14/h6-7,9H,8H2,1-5H3,(H,22,24)(H,20,21,25). The molecule has 136 valence electrons. The molecule has 7 heteroatoms. The second-order valence-electron chi connectivity index (χ2n) is 7.21. The Balaban J connectivity index is 1.88. The van der Waals surface area contributed by atoms with E-state index in [0.29, 0.717) is 16.9 Å². The van der Waals surface area contributed by atoms with Crippen molar-refractivity contribution in [1.82, 2.24) is 9.97 Å². The third kappa shape index (κ3) is 2.79. The van der Waals surface area contributed by atoms with Crippen molar-refractivity contribution in [1.29, 1.82) is 0 Å². The molecule has 1 aromatic heterocycles. The van der Waals surface area contributed by atoms with Crippen LogP contribution in [0.15, 0.2) is 23.3 Å². The molecule has 0 saturated heterocycles. The largest absolute Gasteiger partial charge is 0.326 e. The Morgan fingerprint density at radius 2 is 1.96 bits per heavy atom. The van der Waals surface area contributed by atoms with Crippen molar-refractivity contribution >= 4 is 23.2 Å². The van der Waals surface area contributed by atoms with Crippen molar-refractivity contribution in [3.05, 3.63) is 51.2 Å². The number of aromatic nitrogens is 2. The minimum Gasteiger partial charge on any atom is -0.326 e. The van der Waals surface area contributed by atoms with Crippen LogP contribution in [-0.2, 0) is 21.4 Å².